The first-order valence-corrected chi connectivity index (χ1v) is 8.13. The summed E-state index contributed by atoms with van der Waals surface area (Å²) in [5.41, 5.74) is 0.724. The van der Waals surface area contributed by atoms with Gasteiger partial charge in [-0.1, -0.05) is 19.9 Å². The third kappa shape index (κ3) is 5.64. The van der Waals surface area contributed by atoms with Gasteiger partial charge < -0.3 is 14.2 Å². The molecule has 0 saturated heterocycles. The number of methoxy groups -OCH3 is 1. The molecule has 25 heavy (non-hydrogen) atoms. The molecule has 0 bridgehead atoms. The summed E-state index contributed by atoms with van der Waals surface area (Å²) in [7, 11) is 1.30. The molecule has 132 valence electrons. The lowest BCUT2D eigenvalue weighted by atomic mass is 10.1. The van der Waals surface area contributed by atoms with E-state index >= 15 is 0 Å². The van der Waals surface area contributed by atoms with Crippen LogP contribution in [0.3, 0.4) is 0 Å². The van der Waals surface area contributed by atoms with Gasteiger partial charge in [0, 0.05) is 0 Å². The number of carbonyl (C=O) groups excluding carboxylic acids is 2. The molecule has 5 nitrogen and oxygen atoms in total. The highest BCUT2D eigenvalue weighted by Gasteiger charge is 2.11. The molecule has 2 aromatic rings. The van der Waals surface area contributed by atoms with Gasteiger partial charge in [0.2, 0.25) is 0 Å². The van der Waals surface area contributed by atoms with Gasteiger partial charge in [0.1, 0.15) is 11.5 Å². The predicted octanol–water partition coefficient (Wildman–Crippen LogP) is 4.12. The van der Waals surface area contributed by atoms with Crippen molar-refractivity contribution in [3.05, 3.63) is 59.7 Å². The van der Waals surface area contributed by atoms with Crippen molar-refractivity contribution >= 4 is 11.9 Å². The molecule has 0 fully saturated rings. The van der Waals surface area contributed by atoms with Crippen LogP contribution in [0.25, 0.3) is 0 Å². The molecule has 0 unspecified atom stereocenters. The zero-order valence-electron chi connectivity index (χ0n) is 14.7. The maximum absolute atomic E-state index is 12.2. The molecule has 0 radical (unpaired) electrons. The third-order valence-corrected chi connectivity index (χ3v) is 3.52. The molecular weight excluding hydrogens is 320 g/mol. The number of hydrogen-bond acceptors (Lipinski definition) is 5. The molecule has 0 spiro atoms. The summed E-state index contributed by atoms with van der Waals surface area (Å²) in [5.74, 6) is 0.585. The summed E-state index contributed by atoms with van der Waals surface area (Å²) >= 11 is 0. The van der Waals surface area contributed by atoms with E-state index in [4.69, 9.17) is 9.47 Å². The number of carbonyl (C=O) groups is 2. The Morgan fingerprint density at radius 3 is 2.28 bits per heavy atom. The quantitative estimate of drug-likeness (QED) is 0.559. The first-order chi connectivity index (χ1) is 12.0. The van der Waals surface area contributed by atoms with Gasteiger partial charge >= 0.3 is 11.9 Å². The van der Waals surface area contributed by atoms with Crippen molar-refractivity contribution < 1.29 is 23.8 Å². The Morgan fingerprint density at radius 2 is 1.64 bits per heavy atom. The molecule has 0 heterocycles. The minimum atomic E-state index is -0.504. The SMILES string of the molecule is COC(=O)c1cccc(OC(=O)c2ccc(OCCC(C)C)cc2)c1. The maximum Gasteiger partial charge on any atom is 0.343 e. The third-order valence-electron chi connectivity index (χ3n) is 3.52. The average molecular weight is 342 g/mol. The van der Waals surface area contributed by atoms with Crippen molar-refractivity contribution in [3.63, 3.8) is 0 Å². The van der Waals surface area contributed by atoms with Crippen LogP contribution in [-0.2, 0) is 4.74 Å². The summed E-state index contributed by atoms with van der Waals surface area (Å²) in [6.07, 6.45) is 0.973. The van der Waals surface area contributed by atoms with Crippen LogP contribution in [-0.4, -0.2) is 25.7 Å². The first-order valence-electron chi connectivity index (χ1n) is 8.13. The molecule has 0 saturated carbocycles. The van der Waals surface area contributed by atoms with E-state index in [1.807, 2.05) is 0 Å². The summed E-state index contributed by atoms with van der Waals surface area (Å²) in [4.78, 5) is 23.7. The molecule has 0 aliphatic heterocycles. The summed E-state index contributed by atoms with van der Waals surface area (Å²) < 4.78 is 15.6. The molecule has 0 aliphatic rings. The Balaban J connectivity index is 1.98. The highest BCUT2D eigenvalue weighted by atomic mass is 16.5. The highest BCUT2D eigenvalue weighted by Crippen LogP contribution is 2.18. The van der Waals surface area contributed by atoms with E-state index in [0.717, 1.165) is 6.42 Å². The summed E-state index contributed by atoms with van der Waals surface area (Å²) in [6.45, 7) is 4.91. The van der Waals surface area contributed by atoms with Crippen molar-refractivity contribution in [1.29, 1.82) is 0 Å². The highest BCUT2D eigenvalue weighted by molar-refractivity contribution is 5.92. The van der Waals surface area contributed by atoms with Crippen LogP contribution in [0, 0.1) is 5.92 Å². The van der Waals surface area contributed by atoms with Gasteiger partial charge in [0.15, 0.2) is 0 Å². The number of esters is 2. The molecule has 0 N–H and O–H groups in total. The van der Waals surface area contributed by atoms with Crippen molar-refractivity contribution in [2.45, 2.75) is 20.3 Å². The Labute approximate surface area is 147 Å². The van der Waals surface area contributed by atoms with E-state index < -0.39 is 11.9 Å². The lowest BCUT2D eigenvalue weighted by molar-refractivity contribution is 0.0597. The van der Waals surface area contributed by atoms with Gasteiger partial charge in [0.25, 0.3) is 0 Å². The molecule has 0 aliphatic carbocycles. The van der Waals surface area contributed by atoms with Crippen molar-refractivity contribution in [3.8, 4) is 11.5 Å². The van der Waals surface area contributed by atoms with Crippen LogP contribution in [0.1, 0.15) is 41.0 Å². The summed E-state index contributed by atoms with van der Waals surface area (Å²) in [6, 6.07) is 13.1. The van der Waals surface area contributed by atoms with Crippen LogP contribution in [0.4, 0.5) is 0 Å². The Kier molecular flexibility index (Phi) is 6.57. The Bertz CT molecular complexity index is 719. The molecule has 5 heteroatoms. The zero-order chi connectivity index (χ0) is 18.2. The monoisotopic (exact) mass is 342 g/mol. The minimum Gasteiger partial charge on any atom is -0.494 e. The zero-order valence-corrected chi connectivity index (χ0v) is 14.7. The number of benzene rings is 2. The number of ether oxygens (including phenoxy) is 3. The second-order valence-electron chi connectivity index (χ2n) is 5.96. The second-order valence-corrected chi connectivity index (χ2v) is 5.96. The molecule has 0 amide bonds. The largest absolute Gasteiger partial charge is 0.494 e. The summed E-state index contributed by atoms with van der Waals surface area (Å²) in [5, 5.41) is 0. The molecular formula is C20H22O5. The van der Waals surface area contributed by atoms with Crippen LogP contribution < -0.4 is 9.47 Å². The standard InChI is InChI=1S/C20H22O5/c1-14(2)11-12-24-17-9-7-15(8-10-17)20(22)25-18-6-4-5-16(13-18)19(21)23-3/h4-10,13-14H,11-12H2,1-3H3. The van der Waals surface area contributed by atoms with Gasteiger partial charge in [-0.2, -0.15) is 0 Å². The van der Waals surface area contributed by atoms with Gasteiger partial charge in [-0.15, -0.1) is 0 Å². The van der Waals surface area contributed by atoms with Crippen LogP contribution >= 0.6 is 0 Å². The predicted molar refractivity (Wildman–Crippen MR) is 94.1 cm³/mol. The van der Waals surface area contributed by atoms with E-state index in [9.17, 15) is 9.59 Å². The average Bonchev–Trinajstić information content (AvgIpc) is 2.61. The fraction of sp³-hybridized carbons (Fsp3) is 0.300. The van der Waals surface area contributed by atoms with Crippen LogP contribution in [0.2, 0.25) is 0 Å². The Hall–Kier alpha value is -2.82. The van der Waals surface area contributed by atoms with E-state index in [1.165, 1.54) is 13.2 Å². The number of rotatable bonds is 7. The van der Waals surface area contributed by atoms with Gasteiger partial charge in [-0.05, 0) is 54.8 Å². The molecule has 0 aromatic heterocycles. The van der Waals surface area contributed by atoms with E-state index in [-0.39, 0.29) is 5.75 Å². The smallest absolute Gasteiger partial charge is 0.343 e. The Morgan fingerprint density at radius 1 is 0.920 bits per heavy atom. The lowest BCUT2D eigenvalue weighted by Gasteiger charge is -2.09. The minimum absolute atomic E-state index is 0.283. The van der Waals surface area contributed by atoms with E-state index in [2.05, 4.69) is 18.6 Å². The van der Waals surface area contributed by atoms with Crippen molar-refractivity contribution in [2.24, 2.45) is 5.92 Å². The number of hydrogen-bond donors (Lipinski definition) is 0. The van der Waals surface area contributed by atoms with E-state index in [1.54, 1.807) is 42.5 Å². The topological polar surface area (TPSA) is 61.8 Å². The van der Waals surface area contributed by atoms with Gasteiger partial charge in [0.05, 0.1) is 24.8 Å². The first kappa shape index (κ1) is 18.5. The fourth-order valence-electron chi connectivity index (χ4n) is 2.07. The second kappa shape index (κ2) is 8.87. The van der Waals surface area contributed by atoms with Crippen LogP contribution in [0.15, 0.2) is 48.5 Å². The van der Waals surface area contributed by atoms with Crippen LogP contribution in [0.5, 0.6) is 11.5 Å². The molecule has 0 atom stereocenters. The van der Waals surface area contributed by atoms with Gasteiger partial charge in [-0.25, -0.2) is 9.59 Å². The van der Waals surface area contributed by atoms with Gasteiger partial charge in [-0.3, -0.25) is 0 Å². The van der Waals surface area contributed by atoms with Crippen molar-refractivity contribution in [2.75, 3.05) is 13.7 Å². The molecule has 2 aromatic carbocycles. The molecule has 2 rings (SSSR count). The normalized spacial score (nSPS) is 10.4. The van der Waals surface area contributed by atoms with Crippen molar-refractivity contribution in [1.82, 2.24) is 0 Å². The van der Waals surface area contributed by atoms with E-state index in [0.29, 0.717) is 29.4 Å². The fourth-order valence-corrected chi connectivity index (χ4v) is 2.07. The maximum atomic E-state index is 12.2. The lowest BCUT2D eigenvalue weighted by Crippen LogP contribution is -2.09.